The first kappa shape index (κ1) is 6.04. The summed E-state index contributed by atoms with van der Waals surface area (Å²) in [5.74, 6) is 2.25. The monoisotopic (exact) mass is 125 g/mol. The van der Waals surface area contributed by atoms with Crippen molar-refractivity contribution in [2.24, 2.45) is 0 Å². The van der Waals surface area contributed by atoms with Crippen LogP contribution >= 0.6 is 8.58 Å². The van der Waals surface area contributed by atoms with Gasteiger partial charge in [0.1, 0.15) is 0 Å². The van der Waals surface area contributed by atoms with E-state index in [0.29, 0.717) is 0 Å². The Morgan fingerprint density at radius 1 is 1.25 bits per heavy atom. The van der Waals surface area contributed by atoms with Gasteiger partial charge in [-0.1, -0.05) is 0 Å². The van der Waals surface area contributed by atoms with E-state index < -0.39 is 0 Å². The fourth-order valence-electron chi connectivity index (χ4n) is 0.673. The lowest BCUT2D eigenvalue weighted by atomic mass is 10.1. The van der Waals surface area contributed by atoms with Crippen molar-refractivity contribution in [2.75, 3.05) is 0 Å². The molecular weight excluding hydrogens is 115 g/mol. The predicted octanol–water partition coefficient (Wildman–Crippen LogP) is 3.14. The van der Waals surface area contributed by atoms with E-state index in [1.165, 1.54) is 25.0 Å². The lowest BCUT2D eigenvalue weighted by molar-refractivity contribution is 1.34. The van der Waals surface area contributed by atoms with E-state index in [-0.39, 0.29) is 0 Å². The van der Waals surface area contributed by atoms with Gasteiger partial charge in [-0.25, -0.2) is 0 Å². The van der Waals surface area contributed by atoms with Gasteiger partial charge in [-0.05, 0) is 51.6 Å². The third-order valence-electron chi connectivity index (χ3n) is 1.59. The van der Waals surface area contributed by atoms with E-state index in [4.69, 9.17) is 0 Å². The highest BCUT2D eigenvalue weighted by atomic mass is 31.1. The molecule has 0 saturated heterocycles. The molecule has 0 unspecified atom stereocenters. The highest BCUT2D eigenvalue weighted by molar-refractivity contribution is 7.47. The van der Waals surface area contributed by atoms with Crippen molar-refractivity contribution >= 4 is 8.58 Å². The van der Waals surface area contributed by atoms with Crippen LogP contribution < -0.4 is 0 Å². The maximum Gasteiger partial charge on any atom is -0.0222 e. The molecule has 0 fully saturated rings. The molecule has 1 radical (unpaired) electrons. The molecule has 0 bridgehead atoms. The zero-order valence-corrected chi connectivity index (χ0v) is 6.42. The summed E-state index contributed by atoms with van der Waals surface area (Å²) in [4.78, 5) is 0. The van der Waals surface area contributed by atoms with E-state index >= 15 is 0 Å². The number of hydrogen-bond donors (Lipinski definition) is 0. The van der Waals surface area contributed by atoms with Gasteiger partial charge >= 0.3 is 0 Å². The Bertz CT molecular complexity index is 158. The van der Waals surface area contributed by atoms with Crippen molar-refractivity contribution in [3.05, 3.63) is 22.3 Å². The maximum atomic E-state index is 2.25. The van der Waals surface area contributed by atoms with Crippen molar-refractivity contribution < 1.29 is 0 Å². The Labute approximate surface area is 52.5 Å². The summed E-state index contributed by atoms with van der Waals surface area (Å²) in [5, 5.41) is 1.50. The Kier molecular flexibility index (Phi) is 1.53. The van der Waals surface area contributed by atoms with Crippen LogP contribution in [0.15, 0.2) is 22.3 Å². The molecule has 0 aromatic heterocycles. The van der Waals surface area contributed by atoms with Crippen LogP contribution in [0.2, 0.25) is 0 Å². The summed E-state index contributed by atoms with van der Waals surface area (Å²) >= 11 is 0. The molecule has 1 aliphatic rings. The van der Waals surface area contributed by atoms with Crippen molar-refractivity contribution in [2.45, 2.75) is 20.8 Å². The summed E-state index contributed by atoms with van der Waals surface area (Å²) < 4.78 is 0. The zero-order valence-electron chi connectivity index (χ0n) is 5.52. The van der Waals surface area contributed by atoms with E-state index in [2.05, 4.69) is 26.6 Å². The van der Waals surface area contributed by atoms with E-state index in [0.717, 1.165) is 0 Å². The lowest BCUT2D eigenvalue weighted by Gasteiger charge is -1.92. The minimum absolute atomic E-state index is 1.40. The van der Waals surface area contributed by atoms with Gasteiger partial charge in [-0.3, -0.25) is 0 Å². The SMILES string of the molecule is CC1=C[P]C(C)=C1C. The van der Waals surface area contributed by atoms with Crippen LogP contribution in [0, 0.1) is 0 Å². The normalized spacial score (nSPS) is 22.6. The largest absolute Gasteiger partial charge is 0.0483 e. The average molecular weight is 125 g/mol. The zero-order chi connectivity index (χ0) is 6.15. The van der Waals surface area contributed by atoms with Crippen LogP contribution in [-0.2, 0) is 0 Å². The maximum absolute atomic E-state index is 2.25. The second-order valence-electron chi connectivity index (χ2n) is 2.15. The molecule has 1 heteroatoms. The van der Waals surface area contributed by atoms with Gasteiger partial charge in [0.05, 0.1) is 0 Å². The molecule has 0 aromatic carbocycles. The number of allylic oxidation sites excluding steroid dienone is 3. The molecule has 1 heterocycles. The minimum atomic E-state index is 1.40. The fourth-order valence-corrected chi connectivity index (χ4v) is 1.62. The van der Waals surface area contributed by atoms with Crippen molar-refractivity contribution in [1.29, 1.82) is 0 Å². The molecule has 1 aliphatic heterocycles. The van der Waals surface area contributed by atoms with Gasteiger partial charge in [0, 0.05) is 0 Å². The summed E-state index contributed by atoms with van der Waals surface area (Å²) in [7, 11) is 1.40. The van der Waals surface area contributed by atoms with Crippen molar-refractivity contribution in [3.8, 4) is 0 Å². The smallest absolute Gasteiger partial charge is 0.0222 e. The molecule has 0 aromatic rings. The summed E-state index contributed by atoms with van der Waals surface area (Å²) in [6.07, 6.45) is 0. The Morgan fingerprint density at radius 3 is 2.00 bits per heavy atom. The van der Waals surface area contributed by atoms with Gasteiger partial charge < -0.3 is 0 Å². The van der Waals surface area contributed by atoms with Crippen LogP contribution in [-0.4, -0.2) is 0 Å². The molecule has 0 N–H and O–H groups in total. The van der Waals surface area contributed by atoms with Gasteiger partial charge in [-0.2, -0.15) is 0 Å². The molecule has 0 amide bonds. The van der Waals surface area contributed by atoms with Gasteiger partial charge in [0.25, 0.3) is 0 Å². The molecule has 0 aliphatic carbocycles. The minimum Gasteiger partial charge on any atom is -0.0483 e. The van der Waals surface area contributed by atoms with Crippen LogP contribution in [0.5, 0.6) is 0 Å². The first-order valence-corrected chi connectivity index (χ1v) is 3.73. The summed E-state index contributed by atoms with van der Waals surface area (Å²) in [6, 6.07) is 0. The lowest BCUT2D eigenvalue weighted by Crippen LogP contribution is -1.72. The van der Waals surface area contributed by atoms with Crippen molar-refractivity contribution in [1.82, 2.24) is 0 Å². The van der Waals surface area contributed by atoms with Gasteiger partial charge in [0.15, 0.2) is 0 Å². The fraction of sp³-hybridized carbons (Fsp3) is 0.429. The molecule has 0 spiro atoms. The van der Waals surface area contributed by atoms with Crippen LogP contribution in [0.3, 0.4) is 0 Å². The number of rotatable bonds is 0. The highest BCUT2D eigenvalue weighted by Gasteiger charge is 2.04. The quantitative estimate of drug-likeness (QED) is 0.436. The predicted molar refractivity (Wildman–Crippen MR) is 39.1 cm³/mol. The van der Waals surface area contributed by atoms with Crippen LogP contribution in [0.25, 0.3) is 0 Å². The van der Waals surface area contributed by atoms with Gasteiger partial charge in [-0.15, -0.1) is 0 Å². The second-order valence-corrected chi connectivity index (χ2v) is 3.34. The standard InChI is InChI=1S/C7H10P/c1-5-4-8-7(3)6(5)2/h4H,1-3H3. The first-order valence-electron chi connectivity index (χ1n) is 2.77. The Hall–Kier alpha value is -0.0900. The number of hydrogen-bond acceptors (Lipinski definition) is 0. The molecule has 0 atom stereocenters. The van der Waals surface area contributed by atoms with Crippen LogP contribution in [0.4, 0.5) is 0 Å². The summed E-state index contributed by atoms with van der Waals surface area (Å²) in [6.45, 7) is 6.53. The third kappa shape index (κ3) is 0.855. The molecule has 1 rings (SSSR count). The third-order valence-corrected chi connectivity index (χ3v) is 2.83. The van der Waals surface area contributed by atoms with E-state index in [1.54, 1.807) is 0 Å². The molecule has 8 heavy (non-hydrogen) atoms. The molecule has 0 nitrogen and oxygen atoms in total. The van der Waals surface area contributed by atoms with Crippen LogP contribution in [0.1, 0.15) is 20.8 Å². The first-order chi connectivity index (χ1) is 3.72. The second kappa shape index (κ2) is 2.03. The molecule has 0 saturated carbocycles. The van der Waals surface area contributed by atoms with Crippen molar-refractivity contribution in [3.63, 3.8) is 0 Å². The Balaban J connectivity index is 2.88. The van der Waals surface area contributed by atoms with E-state index in [9.17, 15) is 0 Å². The topological polar surface area (TPSA) is 0 Å². The highest BCUT2D eigenvalue weighted by Crippen LogP contribution is 2.38. The molecule has 43 valence electrons. The van der Waals surface area contributed by atoms with Gasteiger partial charge in [0.2, 0.25) is 0 Å². The average Bonchev–Trinajstić information content (AvgIpc) is 1.98. The Morgan fingerprint density at radius 2 is 1.88 bits per heavy atom. The van der Waals surface area contributed by atoms with E-state index in [1.807, 2.05) is 0 Å². The summed E-state index contributed by atoms with van der Waals surface area (Å²) in [5.41, 5.74) is 2.93. The molecular formula is C7H10P.